The van der Waals surface area contributed by atoms with Crippen molar-refractivity contribution in [3.8, 4) is 0 Å². The van der Waals surface area contributed by atoms with Crippen LogP contribution in [0.5, 0.6) is 0 Å². The smallest absolute Gasteiger partial charge is 0.339 e. The van der Waals surface area contributed by atoms with Gasteiger partial charge in [0.05, 0.1) is 18.6 Å². The summed E-state index contributed by atoms with van der Waals surface area (Å²) in [5.74, 6) is -1.17. The number of ether oxygens (including phenoxy) is 1. The molecule has 0 heterocycles. The van der Waals surface area contributed by atoms with E-state index in [0.29, 0.717) is 11.3 Å². The quantitative estimate of drug-likeness (QED) is 0.485. The first-order valence-electron chi connectivity index (χ1n) is 4.98. The topological polar surface area (TPSA) is 95.5 Å². The van der Waals surface area contributed by atoms with Crippen LogP contribution >= 0.6 is 0 Å². The second-order valence-electron chi connectivity index (χ2n) is 3.43. The standard InChI is InChI=1S/C11H13NO5S/c1-7(13)8-3-4-10(12-6-18(15)16)9(5-8)11(14)17-2/h3-5,12H,6H2,1-2H3,(H,15,16)/p-1. The molecule has 0 aliphatic heterocycles. The van der Waals surface area contributed by atoms with E-state index >= 15 is 0 Å². The molecule has 18 heavy (non-hydrogen) atoms. The first-order valence-corrected chi connectivity index (χ1v) is 6.23. The summed E-state index contributed by atoms with van der Waals surface area (Å²) < 4.78 is 25.5. The molecule has 0 saturated carbocycles. The lowest BCUT2D eigenvalue weighted by atomic mass is 10.1. The maximum atomic E-state index is 11.5. The molecule has 0 aliphatic carbocycles. The molecular weight excluding hydrogens is 258 g/mol. The highest BCUT2D eigenvalue weighted by atomic mass is 32.2. The number of carbonyl (C=O) groups is 2. The van der Waals surface area contributed by atoms with Crippen LogP contribution < -0.4 is 5.32 Å². The van der Waals surface area contributed by atoms with Gasteiger partial charge in [-0.05, 0) is 36.2 Å². The van der Waals surface area contributed by atoms with Crippen molar-refractivity contribution >= 4 is 28.5 Å². The van der Waals surface area contributed by atoms with Crippen LogP contribution in [0.4, 0.5) is 5.69 Å². The number of Topliss-reactive ketones (excluding diaryl/α,β-unsaturated/α-hetero) is 1. The predicted molar refractivity (Wildman–Crippen MR) is 65.2 cm³/mol. The van der Waals surface area contributed by atoms with E-state index in [0.717, 1.165) is 0 Å². The zero-order valence-corrected chi connectivity index (χ0v) is 10.7. The fourth-order valence-corrected chi connectivity index (χ4v) is 1.61. The van der Waals surface area contributed by atoms with Crippen molar-refractivity contribution < 1.29 is 23.1 Å². The van der Waals surface area contributed by atoms with Crippen LogP contribution in [0.15, 0.2) is 18.2 Å². The third-order valence-electron chi connectivity index (χ3n) is 2.21. The predicted octanol–water partition coefficient (Wildman–Crippen LogP) is 0.924. The molecule has 1 atom stereocenters. The lowest BCUT2D eigenvalue weighted by molar-refractivity contribution is 0.0602. The van der Waals surface area contributed by atoms with Crippen molar-refractivity contribution in [2.45, 2.75) is 6.92 Å². The molecule has 0 amide bonds. The van der Waals surface area contributed by atoms with E-state index in [9.17, 15) is 18.4 Å². The van der Waals surface area contributed by atoms with E-state index in [2.05, 4.69) is 10.1 Å². The minimum atomic E-state index is -2.28. The van der Waals surface area contributed by atoms with Crippen LogP contribution in [0, 0.1) is 0 Å². The average molecular weight is 270 g/mol. The van der Waals surface area contributed by atoms with E-state index in [1.54, 1.807) is 0 Å². The summed E-state index contributed by atoms with van der Waals surface area (Å²) >= 11 is -2.28. The monoisotopic (exact) mass is 270 g/mol. The number of esters is 1. The van der Waals surface area contributed by atoms with Crippen LogP contribution in [0.3, 0.4) is 0 Å². The fourth-order valence-electron chi connectivity index (χ4n) is 1.33. The van der Waals surface area contributed by atoms with Gasteiger partial charge in [-0.2, -0.15) is 0 Å². The Bertz CT molecular complexity index is 500. The van der Waals surface area contributed by atoms with Gasteiger partial charge in [-0.1, -0.05) is 0 Å². The number of ketones is 1. The van der Waals surface area contributed by atoms with Crippen molar-refractivity contribution in [3.05, 3.63) is 29.3 Å². The van der Waals surface area contributed by atoms with E-state index < -0.39 is 17.0 Å². The van der Waals surface area contributed by atoms with E-state index in [1.807, 2.05) is 0 Å². The fraction of sp³-hybridized carbons (Fsp3) is 0.273. The van der Waals surface area contributed by atoms with Gasteiger partial charge in [0, 0.05) is 11.3 Å². The van der Waals surface area contributed by atoms with Gasteiger partial charge in [-0.15, -0.1) is 0 Å². The average Bonchev–Trinajstić information content (AvgIpc) is 2.34. The Labute approximate surface area is 107 Å². The molecule has 0 aromatic heterocycles. The highest BCUT2D eigenvalue weighted by molar-refractivity contribution is 7.79. The molecule has 0 radical (unpaired) electrons. The summed E-state index contributed by atoms with van der Waals surface area (Å²) in [5, 5.41) is 2.57. The Morgan fingerprint density at radius 3 is 2.61 bits per heavy atom. The molecule has 0 spiro atoms. The number of nitrogens with one attached hydrogen (secondary N) is 1. The first-order chi connectivity index (χ1) is 8.45. The highest BCUT2D eigenvalue weighted by Gasteiger charge is 2.14. The number of hydrogen-bond acceptors (Lipinski definition) is 6. The van der Waals surface area contributed by atoms with Crippen molar-refractivity contribution in [3.63, 3.8) is 0 Å². The number of carbonyl (C=O) groups excluding carboxylic acids is 2. The first kappa shape index (κ1) is 14.3. The number of rotatable bonds is 5. The summed E-state index contributed by atoms with van der Waals surface area (Å²) in [5.41, 5.74) is 0.774. The molecule has 0 aliphatic rings. The van der Waals surface area contributed by atoms with Gasteiger partial charge in [0.2, 0.25) is 0 Å². The van der Waals surface area contributed by atoms with Crippen LogP contribution in [0.2, 0.25) is 0 Å². The number of hydrogen-bond donors (Lipinski definition) is 1. The third kappa shape index (κ3) is 3.64. The van der Waals surface area contributed by atoms with E-state index in [4.69, 9.17) is 0 Å². The minimum Gasteiger partial charge on any atom is -0.771 e. The molecule has 98 valence electrons. The van der Waals surface area contributed by atoms with Gasteiger partial charge in [0.15, 0.2) is 5.78 Å². The molecule has 1 N–H and O–H groups in total. The van der Waals surface area contributed by atoms with Crippen molar-refractivity contribution in [1.29, 1.82) is 0 Å². The second-order valence-corrected chi connectivity index (χ2v) is 4.33. The summed E-state index contributed by atoms with van der Waals surface area (Å²) in [7, 11) is 1.21. The van der Waals surface area contributed by atoms with Gasteiger partial charge >= 0.3 is 5.97 Å². The van der Waals surface area contributed by atoms with Crippen molar-refractivity contribution in [2.24, 2.45) is 0 Å². The third-order valence-corrected chi connectivity index (χ3v) is 2.59. The summed E-state index contributed by atoms with van der Waals surface area (Å²) in [6.07, 6.45) is 0. The molecule has 6 nitrogen and oxygen atoms in total. The molecular formula is C11H12NO5S-. The maximum absolute atomic E-state index is 11.5. The molecule has 0 bridgehead atoms. The SMILES string of the molecule is COC(=O)c1cc(C(C)=O)ccc1NCS(=O)[O-]. The Morgan fingerprint density at radius 1 is 1.44 bits per heavy atom. The van der Waals surface area contributed by atoms with Crippen molar-refractivity contribution in [2.75, 3.05) is 18.3 Å². The van der Waals surface area contributed by atoms with Gasteiger partial charge in [-0.3, -0.25) is 9.00 Å². The minimum absolute atomic E-state index is 0.121. The van der Waals surface area contributed by atoms with E-state index in [-0.39, 0.29) is 17.2 Å². The van der Waals surface area contributed by atoms with E-state index in [1.165, 1.54) is 32.2 Å². The molecule has 1 rings (SSSR count). The summed E-state index contributed by atoms with van der Waals surface area (Å²) in [6, 6.07) is 4.34. The second kappa shape index (κ2) is 6.27. The normalized spacial score (nSPS) is 11.7. The Kier molecular flexibility index (Phi) is 4.99. The Hall–Kier alpha value is -1.73. The zero-order valence-electron chi connectivity index (χ0n) is 9.89. The van der Waals surface area contributed by atoms with Crippen LogP contribution in [-0.4, -0.2) is 33.5 Å². The van der Waals surface area contributed by atoms with Crippen LogP contribution in [-0.2, 0) is 15.8 Å². The lowest BCUT2D eigenvalue weighted by Gasteiger charge is -2.12. The van der Waals surface area contributed by atoms with Gasteiger partial charge in [0.25, 0.3) is 0 Å². The highest BCUT2D eigenvalue weighted by Crippen LogP contribution is 2.19. The number of methoxy groups -OCH3 is 1. The molecule has 0 fully saturated rings. The summed E-state index contributed by atoms with van der Waals surface area (Å²) in [6.45, 7) is 1.37. The largest absolute Gasteiger partial charge is 0.771 e. The Morgan fingerprint density at radius 2 is 2.11 bits per heavy atom. The molecule has 1 unspecified atom stereocenters. The number of benzene rings is 1. The molecule has 7 heteroatoms. The van der Waals surface area contributed by atoms with Crippen molar-refractivity contribution in [1.82, 2.24) is 0 Å². The van der Waals surface area contributed by atoms with Crippen LogP contribution in [0.25, 0.3) is 0 Å². The van der Waals surface area contributed by atoms with Gasteiger partial charge in [-0.25, -0.2) is 4.79 Å². The Balaban J connectivity index is 3.12. The molecule has 0 saturated heterocycles. The maximum Gasteiger partial charge on any atom is 0.339 e. The van der Waals surface area contributed by atoms with Gasteiger partial charge in [0.1, 0.15) is 0 Å². The zero-order chi connectivity index (χ0) is 13.7. The van der Waals surface area contributed by atoms with Gasteiger partial charge < -0.3 is 14.6 Å². The molecule has 1 aromatic rings. The summed E-state index contributed by atoms with van der Waals surface area (Å²) in [4.78, 5) is 22.7. The lowest BCUT2D eigenvalue weighted by Crippen LogP contribution is -2.13. The molecule has 1 aromatic carbocycles. The number of anilines is 1. The van der Waals surface area contributed by atoms with Crippen LogP contribution in [0.1, 0.15) is 27.6 Å².